The van der Waals surface area contributed by atoms with Gasteiger partial charge in [0.1, 0.15) is 5.75 Å². The molecular formula is C15H18N2O4. The summed E-state index contributed by atoms with van der Waals surface area (Å²) in [6.45, 7) is 2.41. The highest BCUT2D eigenvalue weighted by molar-refractivity contribution is 5.98. The van der Waals surface area contributed by atoms with Crippen molar-refractivity contribution in [3.05, 3.63) is 29.3 Å². The number of nitrogens with zero attached hydrogens (tertiary/aromatic N) is 1. The van der Waals surface area contributed by atoms with Crippen LogP contribution < -0.4 is 5.32 Å². The first kappa shape index (κ1) is 13.9. The molecule has 2 heterocycles. The average Bonchev–Trinajstić information content (AvgIpc) is 3.06. The highest BCUT2D eigenvalue weighted by Crippen LogP contribution is 2.27. The summed E-state index contributed by atoms with van der Waals surface area (Å²) < 4.78 is 4.63. The van der Waals surface area contributed by atoms with Crippen LogP contribution in [0.2, 0.25) is 0 Å². The maximum atomic E-state index is 12.5. The molecule has 0 unspecified atom stereocenters. The fourth-order valence-corrected chi connectivity index (χ4v) is 3.17. The van der Waals surface area contributed by atoms with Gasteiger partial charge in [0.05, 0.1) is 12.7 Å². The highest BCUT2D eigenvalue weighted by Gasteiger charge is 2.38. The smallest absolute Gasteiger partial charge is 0.338 e. The quantitative estimate of drug-likeness (QED) is 0.780. The van der Waals surface area contributed by atoms with Crippen LogP contribution in [0.4, 0.5) is 0 Å². The number of fused-ring (bicyclic) bond motifs is 1. The Morgan fingerprint density at radius 3 is 2.76 bits per heavy atom. The predicted octanol–water partition coefficient (Wildman–Crippen LogP) is 0.613. The second kappa shape index (κ2) is 5.37. The number of rotatable bonds is 2. The number of hydrogen-bond donors (Lipinski definition) is 2. The van der Waals surface area contributed by atoms with Gasteiger partial charge in [0.15, 0.2) is 0 Å². The number of amides is 1. The van der Waals surface area contributed by atoms with E-state index in [0.29, 0.717) is 24.1 Å². The Hall–Kier alpha value is -2.08. The normalized spacial score (nSPS) is 24.0. The largest absolute Gasteiger partial charge is 0.508 e. The number of carbonyl (C=O) groups excluding carboxylic acids is 2. The Balaban J connectivity index is 1.81. The first-order valence-electron chi connectivity index (χ1n) is 7.03. The Bertz CT molecular complexity index is 575. The summed E-state index contributed by atoms with van der Waals surface area (Å²) >= 11 is 0. The lowest BCUT2D eigenvalue weighted by Gasteiger charge is -2.18. The van der Waals surface area contributed by atoms with Crippen LogP contribution in [-0.2, 0) is 4.74 Å². The third-order valence-corrected chi connectivity index (χ3v) is 4.24. The number of methoxy groups -OCH3 is 1. The van der Waals surface area contributed by atoms with Crippen molar-refractivity contribution in [3.63, 3.8) is 0 Å². The van der Waals surface area contributed by atoms with E-state index in [9.17, 15) is 14.7 Å². The molecule has 1 aromatic carbocycles. The van der Waals surface area contributed by atoms with E-state index in [1.165, 1.54) is 25.3 Å². The minimum absolute atomic E-state index is 0.112. The predicted molar refractivity (Wildman–Crippen MR) is 75.2 cm³/mol. The van der Waals surface area contributed by atoms with Crippen LogP contribution in [0.5, 0.6) is 5.75 Å². The number of phenols is 1. The molecule has 0 spiro atoms. The SMILES string of the molecule is COC(=O)c1cc(O)cc(C(=O)N2C[C@@H]3CCN[C@@H]3C2)c1. The van der Waals surface area contributed by atoms with Crippen LogP contribution in [0.3, 0.4) is 0 Å². The Kier molecular flexibility index (Phi) is 3.55. The van der Waals surface area contributed by atoms with Gasteiger partial charge in [-0.05, 0) is 37.1 Å². The van der Waals surface area contributed by atoms with Crippen LogP contribution in [0, 0.1) is 5.92 Å². The van der Waals surface area contributed by atoms with Gasteiger partial charge in [-0.15, -0.1) is 0 Å². The van der Waals surface area contributed by atoms with Crippen molar-refractivity contribution < 1.29 is 19.4 Å². The van der Waals surface area contributed by atoms with E-state index in [4.69, 9.17) is 0 Å². The second-order valence-corrected chi connectivity index (χ2v) is 5.58. The molecule has 0 aliphatic carbocycles. The van der Waals surface area contributed by atoms with Gasteiger partial charge in [-0.1, -0.05) is 0 Å². The minimum Gasteiger partial charge on any atom is -0.508 e. The number of benzene rings is 1. The minimum atomic E-state index is -0.570. The Morgan fingerprint density at radius 2 is 2.05 bits per heavy atom. The molecule has 2 N–H and O–H groups in total. The van der Waals surface area contributed by atoms with Crippen LogP contribution in [0.25, 0.3) is 0 Å². The molecule has 0 saturated carbocycles. The van der Waals surface area contributed by atoms with Gasteiger partial charge in [0.2, 0.25) is 0 Å². The molecule has 0 bridgehead atoms. The van der Waals surface area contributed by atoms with E-state index in [0.717, 1.165) is 19.5 Å². The number of ether oxygens (including phenoxy) is 1. The first-order valence-corrected chi connectivity index (χ1v) is 7.03. The lowest BCUT2D eigenvalue weighted by Crippen LogP contribution is -2.34. The molecular weight excluding hydrogens is 272 g/mol. The monoisotopic (exact) mass is 290 g/mol. The van der Waals surface area contributed by atoms with E-state index in [1.807, 2.05) is 0 Å². The topological polar surface area (TPSA) is 78.9 Å². The molecule has 2 atom stereocenters. The molecule has 1 aromatic rings. The number of carbonyl (C=O) groups is 2. The lowest BCUT2D eigenvalue weighted by molar-refractivity contribution is 0.0600. The number of aromatic hydroxyl groups is 1. The summed E-state index contributed by atoms with van der Waals surface area (Å²) in [4.78, 5) is 25.9. The molecule has 6 nitrogen and oxygen atoms in total. The number of phenolic OH excluding ortho intramolecular Hbond substituents is 1. The third-order valence-electron chi connectivity index (χ3n) is 4.24. The molecule has 2 aliphatic rings. The van der Waals surface area contributed by atoms with Crippen molar-refractivity contribution >= 4 is 11.9 Å². The molecule has 6 heteroatoms. The first-order chi connectivity index (χ1) is 10.1. The highest BCUT2D eigenvalue weighted by atomic mass is 16.5. The van der Waals surface area contributed by atoms with Crippen molar-refractivity contribution in [1.29, 1.82) is 0 Å². The molecule has 112 valence electrons. The lowest BCUT2D eigenvalue weighted by atomic mass is 10.1. The molecule has 21 heavy (non-hydrogen) atoms. The molecule has 2 saturated heterocycles. The van der Waals surface area contributed by atoms with Crippen molar-refractivity contribution in [3.8, 4) is 5.75 Å². The van der Waals surface area contributed by atoms with Gasteiger partial charge in [-0.2, -0.15) is 0 Å². The zero-order chi connectivity index (χ0) is 15.0. The summed E-state index contributed by atoms with van der Waals surface area (Å²) in [5.74, 6) is -0.336. The van der Waals surface area contributed by atoms with Gasteiger partial charge in [0, 0.05) is 24.7 Å². The number of likely N-dealkylation sites (tertiary alicyclic amines) is 1. The number of esters is 1. The molecule has 2 fully saturated rings. The standard InChI is InChI=1S/C15H18N2O4/c1-21-15(20)11-4-10(5-12(18)6-11)14(19)17-7-9-2-3-16-13(9)8-17/h4-6,9,13,16,18H,2-3,7-8H2,1H3/t9-,13+/m0/s1. The van der Waals surface area contributed by atoms with Gasteiger partial charge in [-0.25, -0.2) is 4.79 Å². The van der Waals surface area contributed by atoms with Crippen molar-refractivity contribution in [1.82, 2.24) is 10.2 Å². The van der Waals surface area contributed by atoms with Crippen LogP contribution in [0.1, 0.15) is 27.1 Å². The fourth-order valence-electron chi connectivity index (χ4n) is 3.17. The van der Waals surface area contributed by atoms with Crippen LogP contribution in [-0.4, -0.2) is 54.7 Å². The molecule has 1 amide bonds. The van der Waals surface area contributed by atoms with Gasteiger partial charge < -0.3 is 20.1 Å². The third kappa shape index (κ3) is 2.58. The molecule has 0 aromatic heterocycles. The Labute approximate surface area is 122 Å². The fraction of sp³-hybridized carbons (Fsp3) is 0.467. The van der Waals surface area contributed by atoms with Crippen molar-refractivity contribution in [2.45, 2.75) is 12.5 Å². The average molecular weight is 290 g/mol. The number of hydrogen-bond acceptors (Lipinski definition) is 5. The van der Waals surface area contributed by atoms with E-state index in [2.05, 4.69) is 10.1 Å². The van der Waals surface area contributed by atoms with Gasteiger partial charge in [-0.3, -0.25) is 4.79 Å². The number of nitrogens with one attached hydrogen (secondary N) is 1. The van der Waals surface area contributed by atoms with Gasteiger partial charge >= 0.3 is 5.97 Å². The molecule has 0 radical (unpaired) electrons. The maximum absolute atomic E-state index is 12.5. The van der Waals surface area contributed by atoms with E-state index >= 15 is 0 Å². The molecule has 2 aliphatic heterocycles. The van der Waals surface area contributed by atoms with Crippen molar-refractivity contribution in [2.24, 2.45) is 5.92 Å². The summed E-state index contributed by atoms with van der Waals surface area (Å²) in [5.41, 5.74) is 0.494. The van der Waals surface area contributed by atoms with E-state index in [1.54, 1.807) is 4.90 Å². The molecule has 3 rings (SSSR count). The van der Waals surface area contributed by atoms with E-state index < -0.39 is 5.97 Å². The summed E-state index contributed by atoms with van der Waals surface area (Å²) in [6.07, 6.45) is 1.09. The van der Waals surface area contributed by atoms with E-state index in [-0.39, 0.29) is 17.2 Å². The van der Waals surface area contributed by atoms with Crippen LogP contribution in [0.15, 0.2) is 18.2 Å². The summed E-state index contributed by atoms with van der Waals surface area (Å²) in [5, 5.41) is 13.1. The van der Waals surface area contributed by atoms with Gasteiger partial charge in [0.25, 0.3) is 5.91 Å². The summed E-state index contributed by atoms with van der Waals surface area (Å²) in [6, 6.07) is 4.51. The zero-order valence-corrected chi connectivity index (χ0v) is 11.8. The zero-order valence-electron chi connectivity index (χ0n) is 11.8. The maximum Gasteiger partial charge on any atom is 0.338 e. The summed E-state index contributed by atoms with van der Waals surface area (Å²) in [7, 11) is 1.27. The Morgan fingerprint density at radius 1 is 1.29 bits per heavy atom. The van der Waals surface area contributed by atoms with Crippen molar-refractivity contribution in [2.75, 3.05) is 26.7 Å². The van der Waals surface area contributed by atoms with Crippen LogP contribution >= 0.6 is 0 Å². The second-order valence-electron chi connectivity index (χ2n) is 5.58.